The van der Waals surface area contributed by atoms with Gasteiger partial charge in [-0.25, -0.2) is 22.4 Å². The number of carbonyl (C=O) groups is 1. The molecule has 0 saturated carbocycles. The van der Waals surface area contributed by atoms with Crippen LogP contribution in [-0.4, -0.2) is 12.8 Å². The molecule has 0 amide bonds. The van der Waals surface area contributed by atoms with E-state index in [4.69, 9.17) is 14.2 Å². The van der Waals surface area contributed by atoms with Crippen molar-refractivity contribution in [2.45, 2.75) is 0 Å². The molecule has 0 fully saturated rings. The predicted octanol–water partition coefficient (Wildman–Crippen LogP) is 3.19. The van der Waals surface area contributed by atoms with E-state index in [9.17, 15) is 22.4 Å². The fraction of sp³-hybridized carbons (Fsp3) is 0.0714. The molecule has 1 aliphatic rings. The zero-order valence-electron chi connectivity index (χ0n) is 10.7. The molecule has 0 spiro atoms. The number of rotatable bonds is 2. The van der Waals surface area contributed by atoms with Gasteiger partial charge in [-0.1, -0.05) is 0 Å². The molecule has 1 heterocycles. The first-order valence-electron chi connectivity index (χ1n) is 5.92. The number of esters is 1. The number of hydrogen-bond acceptors (Lipinski definition) is 4. The van der Waals surface area contributed by atoms with E-state index in [0.717, 1.165) is 0 Å². The summed E-state index contributed by atoms with van der Waals surface area (Å²) in [5.74, 6) is -8.34. The van der Waals surface area contributed by atoms with Crippen molar-refractivity contribution in [1.29, 1.82) is 0 Å². The van der Waals surface area contributed by atoms with Gasteiger partial charge in [0, 0.05) is 6.07 Å². The summed E-state index contributed by atoms with van der Waals surface area (Å²) >= 11 is 0. The fourth-order valence-corrected chi connectivity index (χ4v) is 1.82. The molecule has 0 unspecified atom stereocenters. The summed E-state index contributed by atoms with van der Waals surface area (Å²) in [5.41, 5.74) is -1.06. The van der Waals surface area contributed by atoms with Gasteiger partial charge in [0.15, 0.2) is 34.8 Å². The molecule has 2 aromatic rings. The van der Waals surface area contributed by atoms with Crippen molar-refractivity contribution in [2.24, 2.45) is 0 Å². The van der Waals surface area contributed by atoms with Crippen LogP contribution < -0.4 is 14.2 Å². The maximum atomic E-state index is 13.5. The summed E-state index contributed by atoms with van der Waals surface area (Å²) in [6, 6.07) is 4.27. The Kier molecular flexibility index (Phi) is 3.36. The molecule has 0 radical (unpaired) electrons. The normalized spacial score (nSPS) is 12.4. The smallest absolute Gasteiger partial charge is 0.346 e. The summed E-state index contributed by atoms with van der Waals surface area (Å²) in [6.45, 7) is -0.00422. The summed E-state index contributed by atoms with van der Waals surface area (Å²) < 4.78 is 67.4. The molecule has 8 heteroatoms. The molecule has 22 heavy (non-hydrogen) atoms. The Morgan fingerprint density at radius 1 is 0.955 bits per heavy atom. The van der Waals surface area contributed by atoms with Crippen LogP contribution in [0, 0.1) is 23.3 Å². The van der Waals surface area contributed by atoms with Crippen LogP contribution in [0.25, 0.3) is 0 Å². The van der Waals surface area contributed by atoms with E-state index in [1.54, 1.807) is 0 Å². The van der Waals surface area contributed by atoms with Crippen molar-refractivity contribution >= 4 is 5.97 Å². The third-order valence-corrected chi connectivity index (χ3v) is 2.88. The molecular weight excluding hydrogens is 308 g/mol. The van der Waals surface area contributed by atoms with Crippen LogP contribution in [-0.2, 0) is 0 Å². The topological polar surface area (TPSA) is 44.8 Å². The van der Waals surface area contributed by atoms with E-state index >= 15 is 0 Å². The lowest BCUT2D eigenvalue weighted by Crippen LogP contribution is -2.13. The van der Waals surface area contributed by atoms with Crippen molar-refractivity contribution in [2.75, 3.05) is 6.79 Å². The van der Waals surface area contributed by atoms with Crippen LogP contribution in [0.15, 0.2) is 24.3 Å². The van der Waals surface area contributed by atoms with E-state index < -0.39 is 34.8 Å². The van der Waals surface area contributed by atoms with Crippen molar-refractivity contribution in [1.82, 2.24) is 0 Å². The van der Waals surface area contributed by atoms with Crippen molar-refractivity contribution in [3.63, 3.8) is 0 Å². The Morgan fingerprint density at radius 2 is 1.68 bits per heavy atom. The summed E-state index contributed by atoms with van der Waals surface area (Å²) in [4.78, 5) is 11.8. The molecule has 0 bridgehead atoms. The molecule has 0 atom stereocenters. The summed E-state index contributed by atoms with van der Waals surface area (Å²) in [6.07, 6.45) is 0. The third-order valence-electron chi connectivity index (χ3n) is 2.88. The SMILES string of the molecule is O=C(Oc1ccc2c(c1)OCO2)c1cc(F)c(F)c(F)c1F. The monoisotopic (exact) mass is 314 g/mol. The average Bonchev–Trinajstić information content (AvgIpc) is 2.96. The van der Waals surface area contributed by atoms with Gasteiger partial charge in [0.1, 0.15) is 11.3 Å². The van der Waals surface area contributed by atoms with Crippen LogP contribution in [0.5, 0.6) is 17.2 Å². The predicted molar refractivity (Wildman–Crippen MR) is 63.8 cm³/mol. The van der Waals surface area contributed by atoms with Gasteiger partial charge in [0.25, 0.3) is 0 Å². The Morgan fingerprint density at radius 3 is 2.45 bits per heavy atom. The number of halogens is 4. The Balaban J connectivity index is 1.89. The van der Waals surface area contributed by atoms with Crippen molar-refractivity contribution < 1.29 is 36.6 Å². The Bertz CT molecular complexity index is 776. The lowest BCUT2D eigenvalue weighted by atomic mass is 10.2. The standard InChI is InChI=1S/C14H6F4O4/c15-8-4-7(11(16)13(18)12(8)17)14(19)22-6-1-2-9-10(3-6)21-5-20-9/h1-4H,5H2. The zero-order chi connectivity index (χ0) is 15.9. The van der Waals surface area contributed by atoms with E-state index in [1.165, 1.54) is 18.2 Å². The van der Waals surface area contributed by atoms with Gasteiger partial charge in [0.2, 0.25) is 6.79 Å². The Labute approximate surface area is 120 Å². The first-order valence-corrected chi connectivity index (χ1v) is 5.92. The molecule has 3 rings (SSSR count). The highest BCUT2D eigenvalue weighted by atomic mass is 19.2. The Hall–Kier alpha value is -2.77. The number of hydrogen-bond donors (Lipinski definition) is 0. The average molecular weight is 314 g/mol. The van der Waals surface area contributed by atoms with Crippen LogP contribution in [0.4, 0.5) is 17.6 Å². The fourth-order valence-electron chi connectivity index (χ4n) is 1.82. The van der Waals surface area contributed by atoms with Gasteiger partial charge >= 0.3 is 5.97 Å². The van der Waals surface area contributed by atoms with Gasteiger partial charge in [-0.3, -0.25) is 0 Å². The maximum Gasteiger partial charge on any atom is 0.346 e. The number of benzene rings is 2. The summed E-state index contributed by atoms with van der Waals surface area (Å²) in [5, 5.41) is 0. The minimum Gasteiger partial charge on any atom is -0.454 e. The largest absolute Gasteiger partial charge is 0.454 e. The molecule has 0 aliphatic carbocycles. The molecule has 0 saturated heterocycles. The maximum absolute atomic E-state index is 13.5. The van der Waals surface area contributed by atoms with Crippen molar-refractivity contribution in [3.8, 4) is 17.2 Å². The van der Waals surface area contributed by atoms with Crippen LogP contribution in [0.1, 0.15) is 10.4 Å². The molecule has 4 nitrogen and oxygen atoms in total. The first kappa shape index (κ1) is 14.2. The van der Waals surface area contributed by atoms with Gasteiger partial charge in [-0.15, -0.1) is 0 Å². The number of carbonyl (C=O) groups excluding carboxylic acids is 1. The summed E-state index contributed by atoms with van der Waals surface area (Å²) in [7, 11) is 0. The van der Waals surface area contributed by atoms with E-state index in [1.807, 2.05) is 0 Å². The number of fused-ring (bicyclic) bond motifs is 1. The minimum absolute atomic E-state index is 0.00422. The van der Waals surface area contributed by atoms with Gasteiger partial charge in [-0.2, -0.15) is 0 Å². The van der Waals surface area contributed by atoms with E-state index in [0.29, 0.717) is 11.5 Å². The second kappa shape index (κ2) is 5.21. The highest BCUT2D eigenvalue weighted by Gasteiger charge is 2.25. The second-order valence-corrected chi connectivity index (χ2v) is 4.25. The number of ether oxygens (including phenoxy) is 3. The van der Waals surface area contributed by atoms with Gasteiger partial charge in [0.05, 0.1) is 0 Å². The zero-order valence-corrected chi connectivity index (χ0v) is 10.7. The molecule has 1 aliphatic heterocycles. The highest BCUT2D eigenvalue weighted by Crippen LogP contribution is 2.35. The molecule has 0 N–H and O–H groups in total. The lowest BCUT2D eigenvalue weighted by molar-refractivity contribution is 0.0727. The van der Waals surface area contributed by atoms with Crippen LogP contribution in [0.3, 0.4) is 0 Å². The van der Waals surface area contributed by atoms with E-state index in [2.05, 4.69) is 0 Å². The van der Waals surface area contributed by atoms with Crippen molar-refractivity contribution in [3.05, 3.63) is 53.1 Å². The molecule has 2 aromatic carbocycles. The second-order valence-electron chi connectivity index (χ2n) is 4.25. The van der Waals surface area contributed by atoms with Gasteiger partial charge < -0.3 is 14.2 Å². The quantitative estimate of drug-likeness (QED) is 0.281. The van der Waals surface area contributed by atoms with E-state index in [-0.39, 0.29) is 18.6 Å². The van der Waals surface area contributed by atoms with Crippen LogP contribution in [0.2, 0.25) is 0 Å². The third kappa shape index (κ3) is 2.32. The molecular formula is C14H6F4O4. The van der Waals surface area contributed by atoms with Gasteiger partial charge in [-0.05, 0) is 18.2 Å². The van der Waals surface area contributed by atoms with Crippen LogP contribution >= 0.6 is 0 Å². The highest BCUT2D eigenvalue weighted by molar-refractivity contribution is 5.91. The molecule has 0 aromatic heterocycles. The first-order chi connectivity index (χ1) is 10.5. The molecule has 114 valence electrons. The lowest BCUT2D eigenvalue weighted by Gasteiger charge is -2.07. The minimum atomic E-state index is -2.09.